The molecule has 0 N–H and O–H groups in total. The van der Waals surface area contributed by atoms with Gasteiger partial charge in [-0.25, -0.2) is 0 Å². The van der Waals surface area contributed by atoms with Crippen LogP contribution in [0.2, 0.25) is 0 Å². The molecule has 0 spiro atoms. The van der Waals surface area contributed by atoms with Crippen LogP contribution in [0.25, 0.3) is 0 Å². The fraction of sp³-hybridized carbons (Fsp3) is 1.00. The lowest BCUT2D eigenvalue weighted by molar-refractivity contribution is -0.0000708. The minimum atomic E-state index is -4.17. The van der Waals surface area contributed by atoms with Crippen LogP contribution < -0.4 is 0 Å². The molecule has 4 fully saturated rings. The van der Waals surface area contributed by atoms with E-state index in [1.807, 2.05) is 0 Å². The minimum Gasteiger partial charge on any atom is -0.374 e. The molecule has 110 valence electrons. The molecular formula is C13H21FO4S. The van der Waals surface area contributed by atoms with Crippen molar-refractivity contribution in [2.75, 3.05) is 6.26 Å². The first-order valence-electron chi connectivity index (χ1n) is 6.98. The molecule has 4 rings (SSSR count). The largest absolute Gasteiger partial charge is 0.374 e. The Hall–Kier alpha value is -0.200. The summed E-state index contributed by atoms with van der Waals surface area (Å²) in [7, 11) is -4.17. The fourth-order valence-corrected chi connectivity index (χ4v) is 4.52. The van der Waals surface area contributed by atoms with E-state index < -0.39 is 10.2 Å². The second kappa shape index (κ2) is 4.40. The van der Waals surface area contributed by atoms with Crippen molar-refractivity contribution in [2.45, 2.75) is 51.1 Å². The van der Waals surface area contributed by atoms with Gasteiger partial charge in [0, 0.05) is 11.8 Å². The smallest absolute Gasteiger partial charge is 0.299 e. The highest BCUT2D eigenvalue weighted by atomic mass is 32.3. The lowest BCUT2D eigenvalue weighted by Gasteiger charge is -2.35. The number of halogens is 1. The number of rotatable bonds is 0. The van der Waals surface area contributed by atoms with Crippen molar-refractivity contribution >= 4 is 10.2 Å². The Morgan fingerprint density at radius 3 is 1.68 bits per heavy atom. The van der Waals surface area contributed by atoms with Gasteiger partial charge in [-0.1, -0.05) is 13.8 Å². The predicted octanol–water partition coefficient (Wildman–Crippen LogP) is 1.75. The lowest BCUT2D eigenvalue weighted by atomic mass is 9.64. The maximum atomic E-state index is 10.7. The van der Waals surface area contributed by atoms with E-state index in [1.165, 1.54) is 12.8 Å². The monoisotopic (exact) mass is 292 g/mol. The van der Waals surface area contributed by atoms with E-state index in [-0.39, 0.29) is 0 Å². The van der Waals surface area contributed by atoms with Crippen LogP contribution >= 0.6 is 0 Å². The van der Waals surface area contributed by atoms with Crippen molar-refractivity contribution in [3.8, 4) is 0 Å². The minimum absolute atomic E-state index is 0.493. The van der Waals surface area contributed by atoms with Crippen molar-refractivity contribution in [3.63, 3.8) is 0 Å². The Kier molecular flexibility index (Phi) is 3.19. The highest BCUT2D eigenvalue weighted by Gasteiger charge is 2.66. The summed E-state index contributed by atoms with van der Waals surface area (Å²) in [5.41, 5.74) is 0. The van der Waals surface area contributed by atoms with Gasteiger partial charge in [0.15, 0.2) is 0 Å². The third kappa shape index (κ3) is 2.21. The van der Waals surface area contributed by atoms with Crippen LogP contribution in [0.4, 0.5) is 3.89 Å². The van der Waals surface area contributed by atoms with Crippen molar-refractivity contribution in [2.24, 2.45) is 23.7 Å². The molecule has 4 bridgehead atoms. The summed E-state index contributed by atoms with van der Waals surface area (Å²) >= 11 is 0. The zero-order valence-electron chi connectivity index (χ0n) is 11.5. The molecule has 0 saturated carbocycles. The molecule has 4 aliphatic rings. The normalized spacial score (nSPS) is 53.9. The van der Waals surface area contributed by atoms with Gasteiger partial charge in [0.1, 0.15) is 0 Å². The van der Waals surface area contributed by atoms with Gasteiger partial charge in [-0.15, -0.1) is 3.89 Å². The summed E-state index contributed by atoms with van der Waals surface area (Å²) in [5, 5.41) is 0. The third-order valence-corrected chi connectivity index (χ3v) is 5.33. The van der Waals surface area contributed by atoms with Crippen LogP contribution in [0.5, 0.6) is 0 Å². The van der Waals surface area contributed by atoms with E-state index in [0.717, 1.165) is 23.7 Å². The average molecular weight is 292 g/mol. The maximum absolute atomic E-state index is 10.7. The van der Waals surface area contributed by atoms with Crippen molar-refractivity contribution in [1.82, 2.24) is 0 Å². The molecule has 0 aliphatic carbocycles. The number of ether oxygens (including phenoxy) is 2. The van der Waals surface area contributed by atoms with E-state index in [0.29, 0.717) is 30.7 Å². The Morgan fingerprint density at radius 1 is 0.947 bits per heavy atom. The predicted molar refractivity (Wildman–Crippen MR) is 67.8 cm³/mol. The molecule has 0 aromatic carbocycles. The first-order valence-corrected chi connectivity index (χ1v) is 8.77. The van der Waals surface area contributed by atoms with Gasteiger partial charge in [0.25, 0.3) is 10.2 Å². The molecular weight excluding hydrogens is 271 g/mol. The fourth-order valence-electron chi connectivity index (χ4n) is 4.52. The second-order valence-electron chi connectivity index (χ2n) is 6.41. The van der Waals surface area contributed by atoms with Crippen LogP contribution in [0.1, 0.15) is 26.7 Å². The first kappa shape index (κ1) is 13.8. The highest BCUT2D eigenvalue weighted by Crippen LogP contribution is 2.60. The molecule has 0 radical (unpaired) electrons. The lowest BCUT2D eigenvalue weighted by Crippen LogP contribution is -2.43. The van der Waals surface area contributed by atoms with Crippen LogP contribution in [-0.2, 0) is 19.7 Å². The molecule has 8 unspecified atom stereocenters. The molecule has 4 heterocycles. The summed E-state index contributed by atoms with van der Waals surface area (Å²) in [6, 6.07) is 0. The molecule has 19 heavy (non-hydrogen) atoms. The highest BCUT2D eigenvalue weighted by molar-refractivity contribution is 7.85. The molecule has 4 nitrogen and oxygen atoms in total. The Balaban J connectivity index is 0.000000193. The standard InChI is InChI=1S/C12H18O2.CH3FO2S/c1-5-6(2)12-10-8-4-3-7(13-8)9(10)11(5)14-12;1-5(2,3)4/h5-12H,3-4H2,1-2H3;1H3. The van der Waals surface area contributed by atoms with Crippen molar-refractivity contribution < 1.29 is 21.8 Å². The van der Waals surface area contributed by atoms with Crippen molar-refractivity contribution in [3.05, 3.63) is 0 Å². The number of fused-ring (bicyclic) bond motifs is 9. The molecule has 4 aliphatic heterocycles. The summed E-state index contributed by atoms with van der Waals surface area (Å²) in [6.07, 6.45) is 5.22. The molecule has 0 amide bonds. The molecule has 0 aromatic rings. The van der Waals surface area contributed by atoms with Gasteiger partial charge in [-0.05, 0) is 24.7 Å². The average Bonchev–Trinajstić information content (AvgIpc) is 2.97. The number of hydrogen-bond acceptors (Lipinski definition) is 4. The van der Waals surface area contributed by atoms with Crippen LogP contribution in [0.3, 0.4) is 0 Å². The molecule has 0 aromatic heterocycles. The van der Waals surface area contributed by atoms with Gasteiger partial charge >= 0.3 is 0 Å². The van der Waals surface area contributed by atoms with E-state index in [2.05, 4.69) is 13.8 Å². The SMILES string of the molecule is CC1C(C)C2OC1C1C3CCC(O3)C21.CS(=O)(=O)F. The van der Waals surface area contributed by atoms with Gasteiger partial charge in [-0.3, -0.25) is 0 Å². The first-order chi connectivity index (χ1) is 8.77. The molecule has 4 saturated heterocycles. The van der Waals surface area contributed by atoms with Crippen LogP contribution in [-0.4, -0.2) is 39.1 Å². The summed E-state index contributed by atoms with van der Waals surface area (Å²) in [4.78, 5) is 0. The van der Waals surface area contributed by atoms with Gasteiger partial charge in [0.05, 0.1) is 30.7 Å². The summed E-state index contributed by atoms with van der Waals surface area (Å²) < 4.78 is 40.8. The van der Waals surface area contributed by atoms with E-state index in [1.54, 1.807) is 0 Å². The second-order valence-corrected chi connectivity index (χ2v) is 7.77. The topological polar surface area (TPSA) is 52.6 Å². The van der Waals surface area contributed by atoms with Gasteiger partial charge < -0.3 is 9.47 Å². The quantitative estimate of drug-likeness (QED) is 0.638. The molecule has 6 heteroatoms. The number of hydrogen-bond donors (Lipinski definition) is 0. The Bertz CT molecular complexity index is 431. The van der Waals surface area contributed by atoms with E-state index in [9.17, 15) is 3.89 Å². The van der Waals surface area contributed by atoms with Crippen LogP contribution in [0, 0.1) is 23.7 Å². The Labute approximate surface area is 113 Å². The maximum Gasteiger partial charge on any atom is 0.299 e. The van der Waals surface area contributed by atoms with Gasteiger partial charge in [0.2, 0.25) is 0 Å². The van der Waals surface area contributed by atoms with Crippen LogP contribution in [0.15, 0.2) is 0 Å². The van der Waals surface area contributed by atoms with Gasteiger partial charge in [-0.2, -0.15) is 8.42 Å². The third-order valence-electron chi connectivity index (χ3n) is 5.33. The zero-order chi connectivity index (χ0) is 13.9. The summed E-state index contributed by atoms with van der Waals surface area (Å²) in [5.74, 6) is 3.02. The zero-order valence-corrected chi connectivity index (χ0v) is 12.3. The Morgan fingerprint density at radius 2 is 1.32 bits per heavy atom. The molecule has 8 atom stereocenters. The van der Waals surface area contributed by atoms with E-state index in [4.69, 9.17) is 17.9 Å². The summed E-state index contributed by atoms with van der Waals surface area (Å²) in [6.45, 7) is 4.72. The van der Waals surface area contributed by atoms with E-state index >= 15 is 0 Å². The van der Waals surface area contributed by atoms with Crippen molar-refractivity contribution in [1.29, 1.82) is 0 Å².